The van der Waals surface area contributed by atoms with Gasteiger partial charge < -0.3 is 4.57 Å². The Morgan fingerprint density at radius 1 is 0.806 bits per heavy atom. The Balaban J connectivity index is 1.50. The van der Waals surface area contributed by atoms with Crippen LogP contribution in [-0.4, -0.2) is 4.57 Å². The number of nitrogens with zero attached hydrogens (tertiary/aromatic N) is 1. The van der Waals surface area contributed by atoms with Crippen LogP contribution in [0.3, 0.4) is 0 Å². The van der Waals surface area contributed by atoms with Gasteiger partial charge >= 0.3 is 0 Å². The maximum atomic E-state index is 2.54. The smallest absolute Gasteiger partial charge is 0.0586 e. The maximum Gasteiger partial charge on any atom is 0.0586 e. The largest absolute Gasteiger partial charge is 0.333 e. The molecule has 3 aromatic carbocycles. The van der Waals surface area contributed by atoms with E-state index in [0.717, 1.165) is 6.42 Å². The van der Waals surface area contributed by atoms with Crippen LogP contribution in [-0.2, 0) is 0 Å². The molecule has 0 fully saturated rings. The van der Waals surface area contributed by atoms with E-state index in [4.69, 9.17) is 0 Å². The summed E-state index contributed by atoms with van der Waals surface area (Å²) >= 11 is 0. The van der Waals surface area contributed by atoms with Crippen molar-refractivity contribution in [2.75, 3.05) is 0 Å². The molecule has 1 aromatic heterocycles. The minimum Gasteiger partial charge on any atom is -0.333 e. The van der Waals surface area contributed by atoms with Gasteiger partial charge in [0.1, 0.15) is 0 Å². The zero-order chi connectivity index (χ0) is 20.8. The highest BCUT2D eigenvalue weighted by molar-refractivity contribution is 6.09. The first-order valence-electron chi connectivity index (χ1n) is 11.1. The minimum atomic E-state index is 0.309. The van der Waals surface area contributed by atoms with Gasteiger partial charge in [0, 0.05) is 21.8 Å². The van der Waals surface area contributed by atoms with Crippen LogP contribution in [0.25, 0.3) is 32.9 Å². The molecule has 0 saturated carbocycles. The highest BCUT2D eigenvalue weighted by atomic mass is 15.0. The molecule has 4 aromatic rings. The van der Waals surface area contributed by atoms with Crippen molar-refractivity contribution in [1.29, 1.82) is 0 Å². The Morgan fingerprint density at radius 3 is 2.42 bits per heavy atom. The monoisotopic (exact) mass is 399 g/mol. The lowest BCUT2D eigenvalue weighted by atomic mass is 9.89. The molecule has 1 nitrogen and oxygen atoms in total. The number of benzene rings is 3. The van der Waals surface area contributed by atoms with Gasteiger partial charge in [-0.15, -0.1) is 0 Å². The van der Waals surface area contributed by atoms with Gasteiger partial charge in [-0.1, -0.05) is 98.0 Å². The van der Waals surface area contributed by atoms with Crippen molar-refractivity contribution in [3.8, 4) is 11.1 Å². The Hall–Kier alpha value is -3.58. The number of aromatic nitrogens is 1. The van der Waals surface area contributed by atoms with Crippen LogP contribution in [0.15, 0.2) is 120 Å². The summed E-state index contributed by atoms with van der Waals surface area (Å²) < 4.78 is 2.54. The molecule has 0 spiro atoms. The minimum absolute atomic E-state index is 0.309. The van der Waals surface area contributed by atoms with Crippen molar-refractivity contribution in [1.82, 2.24) is 4.57 Å². The van der Waals surface area contributed by atoms with E-state index in [2.05, 4.69) is 121 Å². The summed E-state index contributed by atoms with van der Waals surface area (Å²) in [5.74, 6) is 0.425. The highest BCUT2D eigenvalue weighted by Crippen LogP contribution is 2.39. The fourth-order valence-electron chi connectivity index (χ4n) is 5.15. The summed E-state index contributed by atoms with van der Waals surface area (Å²) in [5.41, 5.74) is 7.95. The van der Waals surface area contributed by atoms with Gasteiger partial charge in [0.05, 0.1) is 6.04 Å². The fourth-order valence-corrected chi connectivity index (χ4v) is 5.15. The van der Waals surface area contributed by atoms with Gasteiger partial charge in [0.25, 0.3) is 0 Å². The topological polar surface area (TPSA) is 4.93 Å². The molecule has 0 bridgehead atoms. The first kappa shape index (κ1) is 18.2. The van der Waals surface area contributed by atoms with Crippen molar-refractivity contribution in [3.05, 3.63) is 120 Å². The van der Waals surface area contributed by atoms with Crippen LogP contribution in [0.5, 0.6) is 0 Å². The zero-order valence-electron chi connectivity index (χ0n) is 17.7. The molecule has 2 atom stereocenters. The van der Waals surface area contributed by atoms with Crippen LogP contribution >= 0.6 is 0 Å². The second kappa shape index (κ2) is 7.28. The van der Waals surface area contributed by atoms with E-state index in [1.54, 1.807) is 0 Å². The van der Waals surface area contributed by atoms with Crippen molar-refractivity contribution in [3.63, 3.8) is 0 Å². The number of para-hydroxylation sites is 1. The number of hydrogen-bond donors (Lipinski definition) is 0. The molecule has 31 heavy (non-hydrogen) atoms. The normalized spacial score (nSPS) is 20.4. The molecule has 0 N–H and O–H groups in total. The second-order valence-electron chi connectivity index (χ2n) is 8.64. The van der Waals surface area contributed by atoms with E-state index >= 15 is 0 Å². The van der Waals surface area contributed by atoms with Crippen LogP contribution < -0.4 is 0 Å². The van der Waals surface area contributed by atoms with E-state index in [-0.39, 0.29) is 0 Å². The van der Waals surface area contributed by atoms with Gasteiger partial charge in [-0.3, -0.25) is 0 Å². The molecular formula is C30H25N. The lowest BCUT2D eigenvalue weighted by molar-refractivity contribution is 0.507. The first-order valence-corrected chi connectivity index (χ1v) is 11.1. The average Bonchev–Trinajstić information content (AvgIpc) is 3.46. The molecule has 2 aliphatic rings. The van der Waals surface area contributed by atoms with Gasteiger partial charge in [-0.2, -0.15) is 0 Å². The SMILES string of the molecule is CC1C=C(C2=CC=CC2)C=CC1n1c2ccccc2c2cc(-c3ccccc3)ccc21. The Bertz CT molecular complexity index is 1410. The number of fused-ring (bicyclic) bond motifs is 3. The number of hydrogen-bond acceptors (Lipinski definition) is 0. The molecule has 1 heterocycles. The molecule has 0 radical (unpaired) electrons. The number of rotatable bonds is 3. The standard InChI is InChI=1S/C30H25N/c1-21-19-24(22-11-5-6-12-22)15-17-28(21)31-29-14-8-7-13-26(29)27-20-25(16-18-30(27)31)23-9-3-2-4-10-23/h2-11,13-21,28H,12H2,1H3. The van der Waals surface area contributed by atoms with Crippen molar-refractivity contribution < 1.29 is 0 Å². The molecule has 0 aliphatic heterocycles. The predicted octanol–water partition coefficient (Wildman–Crippen LogP) is 8.02. The van der Waals surface area contributed by atoms with Crippen LogP contribution in [0.4, 0.5) is 0 Å². The van der Waals surface area contributed by atoms with E-state index in [1.165, 1.54) is 44.1 Å². The number of allylic oxidation sites excluding steroid dienone is 8. The maximum absolute atomic E-state index is 2.54. The molecule has 0 saturated heterocycles. The molecule has 2 unspecified atom stereocenters. The van der Waals surface area contributed by atoms with Gasteiger partial charge in [-0.25, -0.2) is 0 Å². The molecule has 150 valence electrons. The van der Waals surface area contributed by atoms with Crippen LogP contribution in [0.2, 0.25) is 0 Å². The van der Waals surface area contributed by atoms with E-state index < -0.39 is 0 Å². The Kier molecular flexibility index (Phi) is 4.28. The third-order valence-electron chi connectivity index (χ3n) is 6.71. The van der Waals surface area contributed by atoms with Crippen molar-refractivity contribution >= 4 is 21.8 Å². The Labute approximate surface area is 183 Å². The predicted molar refractivity (Wildman–Crippen MR) is 132 cm³/mol. The van der Waals surface area contributed by atoms with Gasteiger partial charge in [0.2, 0.25) is 0 Å². The highest BCUT2D eigenvalue weighted by Gasteiger charge is 2.24. The zero-order valence-corrected chi connectivity index (χ0v) is 17.7. The van der Waals surface area contributed by atoms with Crippen LogP contribution in [0, 0.1) is 5.92 Å². The summed E-state index contributed by atoms with van der Waals surface area (Å²) in [6, 6.07) is 26.7. The molecule has 6 rings (SSSR count). The lowest BCUT2D eigenvalue weighted by Crippen LogP contribution is -2.16. The quantitative estimate of drug-likeness (QED) is 0.329. The summed E-state index contributed by atoms with van der Waals surface area (Å²) in [6.07, 6.45) is 14.9. The molecule has 2 aliphatic carbocycles. The summed E-state index contributed by atoms with van der Waals surface area (Å²) in [4.78, 5) is 0. The molecular weight excluding hydrogens is 374 g/mol. The summed E-state index contributed by atoms with van der Waals surface area (Å²) in [6.45, 7) is 2.34. The average molecular weight is 400 g/mol. The van der Waals surface area contributed by atoms with E-state index in [0.29, 0.717) is 12.0 Å². The third kappa shape index (κ3) is 3.00. The van der Waals surface area contributed by atoms with Gasteiger partial charge in [-0.05, 0) is 52.8 Å². The summed E-state index contributed by atoms with van der Waals surface area (Å²) in [7, 11) is 0. The van der Waals surface area contributed by atoms with E-state index in [9.17, 15) is 0 Å². The van der Waals surface area contributed by atoms with Crippen LogP contribution in [0.1, 0.15) is 19.4 Å². The first-order chi connectivity index (χ1) is 15.3. The summed E-state index contributed by atoms with van der Waals surface area (Å²) in [5, 5.41) is 2.66. The third-order valence-corrected chi connectivity index (χ3v) is 6.71. The van der Waals surface area contributed by atoms with Crippen molar-refractivity contribution in [2.45, 2.75) is 19.4 Å². The molecule has 0 amide bonds. The lowest BCUT2D eigenvalue weighted by Gasteiger charge is -2.27. The van der Waals surface area contributed by atoms with Crippen molar-refractivity contribution in [2.24, 2.45) is 5.92 Å². The van der Waals surface area contributed by atoms with E-state index in [1.807, 2.05) is 0 Å². The fraction of sp³-hybridized carbons (Fsp3) is 0.133. The van der Waals surface area contributed by atoms with Gasteiger partial charge in [0.15, 0.2) is 0 Å². The second-order valence-corrected chi connectivity index (χ2v) is 8.64. The molecule has 1 heteroatoms. The Morgan fingerprint density at radius 2 is 1.61 bits per heavy atom.